The maximum Gasteiger partial charge on any atom is 0.346 e. The molecule has 0 amide bonds. The zero-order valence-electron chi connectivity index (χ0n) is 15.6. The lowest BCUT2D eigenvalue weighted by Gasteiger charge is -2.15. The van der Waals surface area contributed by atoms with Crippen molar-refractivity contribution in [3.8, 4) is 22.8 Å². The molecule has 1 aromatic heterocycles. The Morgan fingerprint density at radius 1 is 1.07 bits per heavy atom. The van der Waals surface area contributed by atoms with Crippen LogP contribution in [0.1, 0.15) is 12.5 Å². The summed E-state index contributed by atoms with van der Waals surface area (Å²) in [5.41, 5.74) is 1.69. The molecule has 2 aromatic carbocycles. The van der Waals surface area contributed by atoms with Crippen LogP contribution in [0.4, 0.5) is 0 Å². The van der Waals surface area contributed by atoms with E-state index in [9.17, 15) is 9.59 Å². The van der Waals surface area contributed by atoms with Crippen molar-refractivity contribution in [1.82, 2.24) is 0 Å². The molecule has 3 aromatic rings. The first-order valence-corrected chi connectivity index (χ1v) is 8.41. The second-order valence-corrected chi connectivity index (χ2v) is 6.10. The molecule has 0 aliphatic rings. The average Bonchev–Trinajstić information content (AvgIpc) is 2.69. The molecule has 1 atom stereocenters. The number of hydrogen-bond donors (Lipinski definition) is 0. The first-order chi connectivity index (χ1) is 12.9. The van der Waals surface area contributed by atoms with E-state index in [2.05, 4.69) is 0 Å². The topological polar surface area (TPSA) is 75.0 Å². The maximum absolute atomic E-state index is 13.0. The highest BCUT2D eigenvalue weighted by Crippen LogP contribution is 2.32. The fraction of sp³-hybridized carbons (Fsp3) is 0.238. The number of carbonyl (C=O) groups excluding carboxylic acids is 1. The van der Waals surface area contributed by atoms with Crippen molar-refractivity contribution < 1.29 is 23.4 Å². The SMILES string of the molecule is COC(=O)[C@H](C)Oc1c(-c2ccc(OC)cc2)oc2cc(C)ccc2c1=O. The van der Waals surface area contributed by atoms with Crippen molar-refractivity contribution in [2.45, 2.75) is 20.0 Å². The summed E-state index contributed by atoms with van der Waals surface area (Å²) in [6.07, 6.45) is -0.960. The Morgan fingerprint density at radius 3 is 2.41 bits per heavy atom. The van der Waals surface area contributed by atoms with Gasteiger partial charge in [0.1, 0.15) is 11.3 Å². The smallest absolute Gasteiger partial charge is 0.346 e. The minimum Gasteiger partial charge on any atom is -0.497 e. The zero-order valence-corrected chi connectivity index (χ0v) is 15.6. The van der Waals surface area contributed by atoms with E-state index in [4.69, 9.17) is 18.6 Å². The fourth-order valence-corrected chi connectivity index (χ4v) is 2.71. The van der Waals surface area contributed by atoms with Crippen LogP contribution in [0.15, 0.2) is 51.7 Å². The van der Waals surface area contributed by atoms with Crippen LogP contribution >= 0.6 is 0 Å². The van der Waals surface area contributed by atoms with Crippen molar-refractivity contribution >= 4 is 16.9 Å². The number of rotatable bonds is 5. The Balaban J connectivity index is 2.22. The first kappa shape index (κ1) is 18.5. The van der Waals surface area contributed by atoms with E-state index in [0.717, 1.165) is 5.56 Å². The van der Waals surface area contributed by atoms with E-state index in [1.54, 1.807) is 43.5 Å². The molecular formula is C21H20O6. The number of carbonyl (C=O) groups is 1. The summed E-state index contributed by atoms with van der Waals surface area (Å²) in [7, 11) is 2.83. The van der Waals surface area contributed by atoms with Crippen molar-refractivity contribution in [3.63, 3.8) is 0 Å². The molecule has 6 nitrogen and oxygen atoms in total. The van der Waals surface area contributed by atoms with Gasteiger partial charge in [0, 0.05) is 5.56 Å². The highest BCUT2D eigenvalue weighted by molar-refractivity contribution is 5.83. The predicted octanol–water partition coefficient (Wildman–Crippen LogP) is 3.72. The number of hydrogen-bond acceptors (Lipinski definition) is 6. The van der Waals surface area contributed by atoms with Gasteiger partial charge in [0.05, 0.1) is 19.6 Å². The third-order valence-electron chi connectivity index (χ3n) is 4.19. The summed E-state index contributed by atoms with van der Waals surface area (Å²) in [5, 5.41) is 0.380. The molecule has 0 radical (unpaired) electrons. The molecule has 6 heteroatoms. The molecule has 0 N–H and O–H groups in total. The highest BCUT2D eigenvalue weighted by Gasteiger charge is 2.23. The summed E-state index contributed by atoms with van der Waals surface area (Å²) >= 11 is 0. The second kappa shape index (κ2) is 7.53. The average molecular weight is 368 g/mol. The van der Waals surface area contributed by atoms with Gasteiger partial charge in [0.2, 0.25) is 11.2 Å². The van der Waals surface area contributed by atoms with Gasteiger partial charge < -0.3 is 18.6 Å². The van der Waals surface area contributed by atoms with E-state index in [0.29, 0.717) is 22.3 Å². The quantitative estimate of drug-likeness (QED) is 0.639. The fourth-order valence-electron chi connectivity index (χ4n) is 2.71. The Bertz CT molecular complexity index is 1030. The van der Waals surface area contributed by atoms with E-state index in [1.807, 2.05) is 13.0 Å². The van der Waals surface area contributed by atoms with Crippen LogP contribution in [0.25, 0.3) is 22.3 Å². The molecule has 0 saturated heterocycles. The zero-order chi connectivity index (χ0) is 19.6. The lowest BCUT2D eigenvalue weighted by Crippen LogP contribution is -2.27. The van der Waals surface area contributed by atoms with Gasteiger partial charge in [-0.15, -0.1) is 0 Å². The molecule has 0 spiro atoms. The van der Waals surface area contributed by atoms with Crippen molar-refractivity contribution in [2.75, 3.05) is 14.2 Å². The summed E-state index contributed by atoms with van der Waals surface area (Å²) < 4.78 is 21.5. The van der Waals surface area contributed by atoms with Gasteiger partial charge in [-0.3, -0.25) is 4.79 Å². The monoisotopic (exact) mass is 368 g/mol. The van der Waals surface area contributed by atoms with E-state index in [1.165, 1.54) is 14.0 Å². The molecule has 0 aliphatic heterocycles. The lowest BCUT2D eigenvalue weighted by atomic mass is 10.1. The molecule has 0 unspecified atom stereocenters. The normalized spacial score (nSPS) is 11.9. The Labute approximate surface area is 156 Å². The van der Waals surface area contributed by atoms with Crippen molar-refractivity contribution in [1.29, 1.82) is 0 Å². The predicted molar refractivity (Wildman–Crippen MR) is 101 cm³/mol. The Morgan fingerprint density at radius 2 is 1.78 bits per heavy atom. The van der Waals surface area contributed by atoms with Crippen LogP contribution in [0, 0.1) is 6.92 Å². The summed E-state index contributed by atoms with van der Waals surface area (Å²) in [4.78, 5) is 24.8. The number of methoxy groups -OCH3 is 2. The number of ether oxygens (including phenoxy) is 3. The van der Waals surface area contributed by atoms with E-state index < -0.39 is 12.1 Å². The van der Waals surface area contributed by atoms with Gasteiger partial charge in [-0.1, -0.05) is 6.07 Å². The maximum atomic E-state index is 13.0. The highest BCUT2D eigenvalue weighted by atomic mass is 16.6. The van der Waals surface area contributed by atoms with Gasteiger partial charge in [-0.2, -0.15) is 0 Å². The number of esters is 1. The molecule has 0 fully saturated rings. The van der Waals surface area contributed by atoms with Crippen LogP contribution in [0.3, 0.4) is 0 Å². The van der Waals surface area contributed by atoms with E-state index in [-0.39, 0.29) is 16.9 Å². The minimum atomic E-state index is -0.960. The lowest BCUT2D eigenvalue weighted by molar-refractivity contribution is -0.147. The number of fused-ring (bicyclic) bond motifs is 1. The third kappa shape index (κ3) is 3.65. The van der Waals surface area contributed by atoms with Crippen molar-refractivity contribution in [3.05, 3.63) is 58.3 Å². The molecule has 1 heterocycles. The number of benzene rings is 2. The summed E-state index contributed by atoms with van der Waals surface area (Å²) in [6.45, 7) is 3.43. The summed E-state index contributed by atoms with van der Waals surface area (Å²) in [5.74, 6) is 0.299. The minimum absolute atomic E-state index is 0.0329. The molecule has 140 valence electrons. The Hall–Kier alpha value is -3.28. The van der Waals surface area contributed by atoms with Crippen molar-refractivity contribution in [2.24, 2.45) is 0 Å². The van der Waals surface area contributed by atoms with E-state index >= 15 is 0 Å². The van der Waals surface area contributed by atoms with Gasteiger partial charge in [0.25, 0.3) is 0 Å². The molecule has 3 rings (SSSR count). The Kier molecular flexibility index (Phi) is 5.16. The van der Waals surface area contributed by atoms with Gasteiger partial charge in [-0.25, -0.2) is 4.79 Å². The standard InChI is InChI=1S/C21H20O6/c1-12-5-10-16-17(11-12)27-19(14-6-8-15(24-3)9-7-14)20(18(16)22)26-13(2)21(23)25-4/h5-11,13H,1-4H3/t13-/m0/s1. The van der Waals surface area contributed by atoms with Crippen LogP contribution in [-0.4, -0.2) is 26.3 Å². The van der Waals surface area contributed by atoms with Gasteiger partial charge in [-0.05, 0) is 55.8 Å². The molecule has 27 heavy (non-hydrogen) atoms. The van der Waals surface area contributed by atoms with Crippen LogP contribution in [-0.2, 0) is 9.53 Å². The van der Waals surface area contributed by atoms with Gasteiger partial charge in [0.15, 0.2) is 11.9 Å². The summed E-state index contributed by atoms with van der Waals surface area (Å²) in [6, 6.07) is 12.3. The molecule has 0 saturated carbocycles. The first-order valence-electron chi connectivity index (χ1n) is 8.41. The third-order valence-corrected chi connectivity index (χ3v) is 4.19. The molecule has 0 bridgehead atoms. The second-order valence-electron chi connectivity index (χ2n) is 6.10. The number of aryl methyl sites for hydroxylation is 1. The van der Waals surface area contributed by atoms with Crippen LogP contribution in [0.2, 0.25) is 0 Å². The van der Waals surface area contributed by atoms with Crippen LogP contribution in [0.5, 0.6) is 11.5 Å². The van der Waals surface area contributed by atoms with Gasteiger partial charge >= 0.3 is 5.97 Å². The molecule has 0 aliphatic carbocycles. The largest absolute Gasteiger partial charge is 0.497 e. The molecular weight excluding hydrogens is 348 g/mol. The van der Waals surface area contributed by atoms with Crippen LogP contribution < -0.4 is 14.9 Å².